The molecule has 9 nitrogen and oxygen atoms in total. The van der Waals surface area contributed by atoms with Gasteiger partial charge in [0, 0.05) is 12.7 Å². The molecule has 0 bridgehead atoms. The second kappa shape index (κ2) is 7.99. The lowest BCUT2D eigenvalue weighted by molar-refractivity contribution is -0.279. The summed E-state index contributed by atoms with van der Waals surface area (Å²) in [6, 6.07) is 12.4. The maximum absolute atomic E-state index is 10.4. The van der Waals surface area contributed by atoms with Gasteiger partial charge in [0.1, 0.15) is 18.3 Å². The number of hydrogen-bond donors (Lipinski definition) is 5. The first-order valence-electron chi connectivity index (χ1n) is 8.26. The molecule has 1 fully saturated rings. The number of aliphatic hydroxyl groups is 4. The third-order valence-electron chi connectivity index (χ3n) is 4.36. The van der Waals surface area contributed by atoms with E-state index >= 15 is 0 Å². The molecule has 0 spiro atoms. The molecular formula is C18H20N2O7. The zero-order chi connectivity index (χ0) is 19.6. The minimum absolute atomic E-state index is 0.915. The Balaban J connectivity index is 0.000000157. The average molecular weight is 376 g/mol. The predicted molar refractivity (Wildman–Crippen MR) is 93.8 cm³/mol. The van der Waals surface area contributed by atoms with Crippen LogP contribution >= 0.6 is 0 Å². The van der Waals surface area contributed by atoms with Crippen molar-refractivity contribution in [3.63, 3.8) is 0 Å². The summed E-state index contributed by atoms with van der Waals surface area (Å²) < 4.78 is 6.54. The summed E-state index contributed by atoms with van der Waals surface area (Å²) in [5.41, 5.74) is 3.52. The lowest BCUT2D eigenvalue weighted by atomic mass is 9.99. The fraction of sp³-hybridized carbons (Fsp3) is 0.333. The fourth-order valence-corrected chi connectivity index (χ4v) is 2.84. The maximum atomic E-state index is 10.4. The summed E-state index contributed by atoms with van der Waals surface area (Å²) in [6.45, 7) is 0.915. The number of carboxylic acid groups (broad SMARTS) is 1. The van der Waals surface area contributed by atoms with E-state index in [1.54, 1.807) is 0 Å². The van der Waals surface area contributed by atoms with Crippen molar-refractivity contribution in [1.29, 1.82) is 0 Å². The number of aliphatic hydroxyl groups excluding tert-OH is 4. The molecule has 144 valence electrons. The van der Waals surface area contributed by atoms with Crippen molar-refractivity contribution in [1.82, 2.24) is 4.57 Å². The molecule has 3 heterocycles. The normalized spacial score (nSPS) is 29.0. The summed E-state index contributed by atoms with van der Waals surface area (Å²) in [5.74, 6) is -1.52. The Bertz CT molecular complexity index is 835. The van der Waals surface area contributed by atoms with E-state index in [2.05, 4.69) is 50.8 Å². The molecule has 27 heavy (non-hydrogen) atoms. The van der Waals surface area contributed by atoms with Gasteiger partial charge in [0.15, 0.2) is 12.4 Å². The quantitative estimate of drug-likeness (QED) is 0.384. The van der Waals surface area contributed by atoms with Gasteiger partial charge in [-0.2, -0.15) is 0 Å². The van der Waals surface area contributed by atoms with Crippen LogP contribution in [0.1, 0.15) is 11.3 Å². The molecule has 0 aliphatic carbocycles. The van der Waals surface area contributed by atoms with Crippen LogP contribution in [-0.4, -0.2) is 73.0 Å². The van der Waals surface area contributed by atoms with Gasteiger partial charge in [-0.05, 0) is 23.8 Å². The monoisotopic (exact) mass is 376 g/mol. The molecule has 1 saturated heterocycles. The van der Waals surface area contributed by atoms with Gasteiger partial charge in [-0.3, -0.25) is 4.99 Å². The number of aliphatic imine (C=N–C) groups is 1. The zero-order valence-corrected chi connectivity index (χ0v) is 14.2. The summed E-state index contributed by atoms with van der Waals surface area (Å²) >= 11 is 0. The second-order valence-electron chi connectivity index (χ2n) is 6.21. The molecule has 2 aliphatic rings. The van der Waals surface area contributed by atoms with E-state index in [1.165, 1.54) is 11.3 Å². The average Bonchev–Trinajstić information content (AvgIpc) is 3.02. The summed E-state index contributed by atoms with van der Waals surface area (Å²) in [7, 11) is 0. The molecule has 0 saturated carbocycles. The van der Waals surface area contributed by atoms with E-state index in [0.717, 1.165) is 12.2 Å². The van der Waals surface area contributed by atoms with Crippen molar-refractivity contribution in [2.75, 3.05) is 0 Å². The highest BCUT2D eigenvalue weighted by Crippen LogP contribution is 2.23. The van der Waals surface area contributed by atoms with E-state index in [0.29, 0.717) is 0 Å². The van der Waals surface area contributed by atoms with E-state index in [1.807, 2.05) is 12.3 Å². The van der Waals surface area contributed by atoms with Crippen molar-refractivity contribution in [2.24, 2.45) is 4.99 Å². The smallest absolute Gasteiger partial charge is 0.335 e. The first kappa shape index (κ1) is 19.2. The first-order valence-corrected chi connectivity index (χ1v) is 8.26. The molecule has 5 N–H and O–H groups in total. The Kier molecular flexibility index (Phi) is 5.68. The van der Waals surface area contributed by atoms with Crippen molar-refractivity contribution in [3.8, 4) is 0 Å². The van der Waals surface area contributed by atoms with Crippen molar-refractivity contribution in [2.45, 2.75) is 37.3 Å². The molecule has 9 heteroatoms. The number of carbonyl (C=O) groups is 1. The number of carboxylic acids is 1. The number of benzene rings is 1. The topological polar surface area (TPSA) is 145 Å². The minimum atomic E-state index is -1.81. The van der Waals surface area contributed by atoms with Crippen LogP contribution in [-0.2, 0) is 16.1 Å². The highest BCUT2D eigenvalue weighted by Gasteiger charge is 2.46. The number of hydrogen-bond acceptors (Lipinski definition) is 7. The van der Waals surface area contributed by atoms with Gasteiger partial charge in [-0.15, -0.1) is 0 Å². The maximum Gasteiger partial charge on any atom is 0.335 e. The molecule has 0 radical (unpaired) electrons. The van der Waals surface area contributed by atoms with Crippen LogP contribution in [0, 0.1) is 0 Å². The van der Waals surface area contributed by atoms with Crippen LogP contribution in [0.2, 0.25) is 0 Å². The Morgan fingerprint density at radius 3 is 2.52 bits per heavy atom. The molecule has 2 aliphatic heterocycles. The lowest BCUT2D eigenvalue weighted by Gasteiger charge is -2.36. The van der Waals surface area contributed by atoms with E-state index in [9.17, 15) is 4.79 Å². The highest BCUT2D eigenvalue weighted by atomic mass is 16.6. The zero-order valence-electron chi connectivity index (χ0n) is 14.2. The van der Waals surface area contributed by atoms with E-state index in [4.69, 9.17) is 25.5 Å². The Hall–Kier alpha value is -2.56. The number of ether oxygens (including phenoxy) is 1. The molecule has 5 atom stereocenters. The number of para-hydroxylation sites is 1. The molecule has 1 aromatic heterocycles. The largest absolute Gasteiger partial charge is 0.479 e. The number of aliphatic carboxylic acids is 1. The van der Waals surface area contributed by atoms with Crippen LogP contribution < -0.4 is 0 Å². The number of aromatic nitrogens is 1. The Morgan fingerprint density at radius 1 is 1.04 bits per heavy atom. The van der Waals surface area contributed by atoms with Gasteiger partial charge in [0.05, 0.1) is 17.6 Å². The van der Waals surface area contributed by atoms with E-state index in [-0.39, 0.29) is 0 Å². The fourth-order valence-electron chi connectivity index (χ4n) is 2.84. The van der Waals surface area contributed by atoms with Crippen LogP contribution in [0.5, 0.6) is 0 Å². The Labute approximate surface area is 154 Å². The summed E-state index contributed by atoms with van der Waals surface area (Å²) in [6.07, 6.45) is -4.71. The van der Waals surface area contributed by atoms with E-state index < -0.39 is 36.7 Å². The second-order valence-corrected chi connectivity index (χ2v) is 6.21. The van der Waals surface area contributed by atoms with Gasteiger partial charge in [0.2, 0.25) is 0 Å². The molecule has 2 aromatic rings. The standard InChI is InChI=1S/C12H10N2.C6H10O7/c1-2-6-12-10(4-1)9-14-7-3-5-11(14)8-13-12;7-1-2(8)4(5(10)11)13-6(12)3(1)9/h1-8H,9H2;1-4,6-9,12H,(H,10,11)/t;1-,2-,3+,4-,6+/m.0/s1. The van der Waals surface area contributed by atoms with Gasteiger partial charge < -0.3 is 34.8 Å². The van der Waals surface area contributed by atoms with Crippen molar-refractivity contribution >= 4 is 17.9 Å². The minimum Gasteiger partial charge on any atom is -0.479 e. The molecule has 0 amide bonds. The molecule has 4 rings (SSSR count). The third kappa shape index (κ3) is 4.07. The number of nitrogens with zero attached hydrogens (tertiary/aromatic N) is 2. The summed E-state index contributed by atoms with van der Waals surface area (Å²) in [5, 5.41) is 44.4. The van der Waals surface area contributed by atoms with Gasteiger partial charge in [0.25, 0.3) is 0 Å². The number of rotatable bonds is 1. The number of fused-ring (bicyclic) bond motifs is 2. The Morgan fingerprint density at radius 2 is 1.78 bits per heavy atom. The van der Waals surface area contributed by atoms with Crippen molar-refractivity contribution in [3.05, 3.63) is 53.9 Å². The van der Waals surface area contributed by atoms with Crippen LogP contribution in [0.15, 0.2) is 47.6 Å². The summed E-state index contributed by atoms with van der Waals surface area (Å²) in [4.78, 5) is 14.8. The highest BCUT2D eigenvalue weighted by molar-refractivity contribution is 5.81. The van der Waals surface area contributed by atoms with Crippen LogP contribution in [0.4, 0.5) is 5.69 Å². The van der Waals surface area contributed by atoms with Gasteiger partial charge >= 0.3 is 5.97 Å². The first-order chi connectivity index (χ1) is 12.9. The van der Waals surface area contributed by atoms with Crippen LogP contribution in [0.25, 0.3) is 0 Å². The predicted octanol–water partition coefficient (Wildman–Crippen LogP) is -0.529. The van der Waals surface area contributed by atoms with Gasteiger partial charge in [-0.1, -0.05) is 18.2 Å². The lowest BCUT2D eigenvalue weighted by Crippen LogP contribution is -2.59. The van der Waals surface area contributed by atoms with Gasteiger partial charge in [-0.25, -0.2) is 4.79 Å². The van der Waals surface area contributed by atoms with Crippen molar-refractivity contribution < 1.29 is 35.1 Å². The molecule has 0 unspecified atom stereocenters. The third-order valence-corrected chi connectivity index (χ3v) is 4.36. The SMILES string of the molecule is C1=Nc2ccccc2Cn2cccc21.O=C(O)[C@H]1O[C@@H](O)[C@H](O)[C@@H](O)[C@@H]1O. The molecular weight excluding hydrogens is 356 g/mol. The van der Waals surface area contributed by atoms with Crippen LogP contribution in [0.3, 0.4) is 0 Å². The molecule has 1 aromatic carbocycles.